The number of ether oxygens (including phenoxy) is 1. The van der Waals surface area contributed by atoms with Gasteiger partial charge in [-0.2, -0.15) is 5.10 Å². The molecule has 0 spiro atoms. The van der Waals surface area contributed by atoms with Crippen LogP contribution in [0.5, 0.6) is 5.75 Å². The molecule has 2 heterocycles. The van der Waals surface area contributed by atoms with E-state index in [2.05, 4.69) is 78.5 Å². The number of rotatable bonds is 6. The van der Waals surface area contributed by atoms with E-state index in [0.717, 1.165) is 34.9 Å². The largest absolute Gasteiger partial charge is 0.496 e. The van der Waals surface area contributed by atoms with Gasteiger partial charge in [0.05, 0.1) is 13.3 Å². The average molecular weight is 459 g/mol. The summed E-state index contributed by atoms with van der Waals surface area (Å²) in [5.74, 6) is 1.95. The van der Waals surface area contributed by atoms with E-state index in [0.29, 0.717) is 10.8 Å². The third kappa shape index (κ3) is 4.10. The number of nitrogens with one attached hydrogen (secondary N) is 2. The smallest absolute Gasteiger partial charge is 0.126 e. The zero-order valence-corrected chi connectivity index (χ0v) is 21.3. The monoisotopic (exact) mass is 458 g/mol. The van der Waals surface area contributed by atoms with E-state index in [9.17, 15) is 0 Å². The molecule has 1 aromatic carbocycles. The summed E-state index contributed by atoms with van der Waals surface area (Å²) in [6.07, 6.45) is 11.5. The zero-order chi connectivity index (χ0) is 24.0. The number of aromatic amines is 1. The van der Waals surface area contributed by atoms with Gasteiger partial charge in [0.25, 0.3) is 0 Å². The Morgan fingerprint density at radius 1 is 1.03 bits per heavy atom. The van der Waals surface area contributed by atoms with E-state index < -0.39 is 0 Å². The van der Waals surface area contributed by atoms with Crippen molar-refractivity contribution in [1.29, 1.82) is 0 Å². The minimum absolute atomic E-state index is 0.0147. The molecule has 5 nitrogen and oxygen atoms in total. The topological polar surface area (TPSA) is 62.8 Å². The number of H-pyrrole nitrogens is 1. The second-order valence-electron chi connectivity index (χ2n) is 11.7. The number of nitrogens with zero attached hydrogens (tertiary/aromatic N) is 2. The number of pyridine rings is 1. The van der Waals surface area contributed by atoms with E-state index in [1.807, 2.05) is 12.4 Å². The highest BCUT2D eigenvalue weighted by Gasteiger charge is 2.49. The number of benzene rings is 1. The number of fused-ring (bicyclic) bond motifs is 3. The van der Waals surface area contributed by atoms with Gasteiger partial charge < -0.3 is 10.1 Å². The first kappa shape index (κ1) is 22.9. The third-order valence-corrected chi connectivity index (χ3v) is 8.51. The summed E-state index contributed by atoms with van der Waals surface area (Å²) in [6, 6.07) is 11.1. The van der Waals surface area contributed by atoms with Crippen LogP contribution in [0.1, 0.15) is 76.1 Å². The lowest BCUT2D eigenvalue weighted by Gasteiger charge is -2.54. The lowest BCUT2D eigenvalue weighted by Crippen LogP contribution is -2.47. The fourth-order valence-electron chi connectivity index (χ4n) is 6.22. The molecule has 3 saturated carbocycles. The highest BCUT2D eigenvalue weighted by Crippen LogP contribution is 2.58. The van der Waals surface area contributed by atoms with Crippen molar-refractivity contribution in [2.75, 3.05) is 19.0 Å². The summed E-state index contributed by atoms with van der Waals surface area (Å²) in [4.78, 5) is 4.64. The standard InChI is InChI=1S/C29H38N4O/c1-20-16-22(6-7-24(20)34-5)29-12-9-28(10-13-29,11-14-29)19-31-25-17-21(8-15-30-25)23-18-32-33-26(23)27(2,3)4/h6-8,15-18H,9-14,19H2,1-5H3,(H,30,31)(H,32,33). The van der Waals surface area contributed by atoms with Gasteiger partial charge in [0.15, 0.2) is 0 Å². The first-order valence-corrected chi connectivity index (χ1v) is 12.6. The van der Waals surface area contributed by atoms with E-state index in [-0.39, 0.29) is 5.41 Å². The Morgan fingerprint density at radius 2 is 1.76 bits per heavy atom. The predicted octanol–water partition coefficient (Wildman–Crippen LogP) is 6.79. The minimum atomic E-state index is 0.0147. The molecule has 6 rings (SSSR count). The Morgan fingerprint density at radius 3 is 2.41 bits per heavy atom. The van der Waals surface area contributed by atoms with Crippen molar-refractivity contribution in [3.8, 4) is 16.9 Å². The molecule has 5 heteroatoms. The lowest BCUT2D eigenvalue weighted by molar-refractivity contribution is 0.0505. The summed E-state index contributed by atoms with van der Waals surface area (Å²) in [5, 5.41) is 11.2. The maximum absolute atomic E-state index is 5.49. The Hall–Kier alpha value is -2.82. The van der Waals surface area contributed by atoms with Crippen molar-refractivity contribution in [2.45, 2.75) is 77.0 Å². The van der Waals surface area contributed by atoms with Gasteiger partial charge in [-0.3, -0.25) is 5.10 Å². The van der Waals surface area contributed by atoms with E-state index >= 15 is 0 Å². The molecular formula is C29H38N4O. The van der Waals surface area contributed by atoms with E-state index in [1.165, 1.54) is 49.7 Å². The molecule has 34 heavy (non-hydrogen) atoms. The number of anilines is 1. The molecule has 180 valence electrons. The van der Waals surface area contributed by atoms with Crippen LogP contribution in [0.2, 0.25) is 0 Å². The molecule has 0 atom stereocenters. The maximum atomic E-state index is 5.49. The number of methoxy groups -OCH3 is 1. The van der Waals surface area contributed by atoms with Crippen molar-refractivity contribution >= 4 is 5.82 Å². The average Bonchev–Trinajstić information content (AvgIpc) is 3.35. The van der Waals surface area contributed by atoms with Gasteiger partial charge >= 0.3 is 0 Å². The summed E-state index contributed by atoms with van der Waals surface area (Å²) < 4.78 is 5.49. The number of aryl methyl sites for hydroxylation is 1. The van der Waals surface area contributed by atoms with E-state index in [1.54, 1.807) is 7.11 Å². The molecule has 2 aromatic heterocycles. The highest BCUT2D eigenvalue weighted by atomic mass is 16.5. The Labute approximate surface area is 203 Å². The van der Waals surface area contributed by atoms with Gasteiger partial charge in [-0.05, 0) is 91.2 Å². The van der Waals surface area contributed by atoms with Crippen LogP contribution in [-0.2, 0) is 10.8 Å². The van der Waals surface area contributed by atoms with Crippen LogP contribution in [0.25, 0.3) is 11.1 Å². The predicted molar refractivity (Wildman–Crippen MR) is 139 cm³/mol. The van der Waals surface area contributed by atoms with Crippen molar-refractivity contribution < 1.29 is 4.74 Å². The first-order chi connectivity index (χ1) is 16.2. The van der Waals surface area contributed by atoms with Crippen LogP contribution < -0.4 is 10.1 Å². The molecule has 0 radical (unpaired) electrons. The maximum Gasteiger partial charge on any atom is 0.126 e. The molecule has 0 unspecified atom stereocenters. The molecule has 0 amide bonds. The molecule has 3 aliphatic rings. The highest BCUT2D eigenvalue weighted by molar-refractivity contribution is 5.68. The fraction of sp³-hybridized carbons (Fsp3) is 0.517. The molecule has 3 fully saturated rings. The lowest BCUT2D eigenvalue weighted by atomic mass is 9.52. The normalized spacial score (nSPS) is 24.3. The molecule has 3 aliphatic carbocycles. The number of hydrogen-bond donors (Lipinski definition) is 2. The van der Waals surface area contributed by atoms with Crippen LogP contribution in [0.15, 0.2) is 42.7 Å². The Kier molecular flexibility index (Phi) is 5.70. The van der Waals surface area contributed by atoms with Crippen LogP contribution in [0.3, 0.4) is 0 Å². The van der Waals surface area contributed by atoms with Crippen molar-refractivity contribution in [2.24, 2.45) is 5.41 Å². The van der Waals surface area contributed by atoms with Crippen molar-refractivity contribution in [3.63, 3.8) is 0 Å². The fourth-order valence-corrected chi connectivity index (χ4v) is 6.22. The number of aromatic nitrogens is 3. The van der Waals surface area contributed by atoms with Gasteiger partial charge in [0, 0.05) is 29.4 Å². The second kappa shape index (κ2) is 8.44. The number of hydrogen-bond acceptors (Lipinski definition) is 4. The van der Waals surface area contributed by atoms with Crippen molar-refractivity contribution in [1.82, 2.24) is 15.2 Å². The van der Waals surface area contributed by atoms with Crippen LogP contribution in [0, 0.1) is 12.3 Å². The van der Waals surface area contributed by atoms with Crippen LogP contribution in [-0.4, -0.2) is 28.8 Å². The van der Waals surface area contributed by atoms with Gasteiger partial charge in [-0.15, -0.1) is 0 Å². The van der Waals surface area contributed by atoms with Gasteiger partial charge in [0.2, 0.25) is 0 Å². The molecule has 0 saturated heterocycles. The molecular weight excluding hydrogens is 420 g/mol. The molecule has 3 aromatic rings. The zero-order valence-electron chi connectivity index (χ0n) is 21.3. The van der Waals surface area contributed by atoms with Gasteiger partial charge in [0.1, 0.15) is 11.6 Å². The van der Waals surface area contributed by atoms with Crippen molar-refractivity contribution in [3.05, 3.63) is 59.5 Å². The SMILES string of the molecule is COc1ccc(C23CCC(CNc4cc(-c5cn[nH]c5C(C)(C)C)ccn4)(CC2)CC3)cc1C. The summed E-state index contributed by atoms with van der Waals surface area (Å²) in [7, 11) is 1.76. The summed E-state index contributed by atoms with van der Waals surface area (Å²) >= 11 is 0. The third-order valence-electron chi connectivity index (χ3n) is 8.51. The Bertz CT molecular complexity index is 1150. The van der Waals surface area contributed by atoms with Gasteiger partial charge in [-0.25, -0.2) is 4.98 Å². The summed E-state index contributed by atoms with van der Waals surface area (Å²) in [6.45, 7) is 9.79. The van der Waals surface area contributed by atoms with Gasteiger partial charge in [-0.1, -0.05) is 32.9 Å². The Balaban J connectivity index is 1.27. The van der Waals surface area contributed by atoms with Crippen LogP contribution >= 0.6 is 0 Å². The van der Waals surface area contributed by atoms with E-state index in [4.69, 9.17) is 4.74 Å². The quantitative estimate of drug-likeness (QED) is 0.427. The molecule has 0 aliphatic heterocycles. The second-order valence-corrected chi connectivity index (χ2v) is 11.7. The van der Waals surface area contributed by atoms with Crippen LogP contribution in [0.4, 0.5) is 5.82 Å². The molecule has 2 bridgehead atoms. The summed E-state index contributed by atoms with van der Waals surface area (Å²) in [5.41, 5.74) is 6.98. The molecule has 2 N–H and O–H groups in total. The first-order valence-electron chi connectivity index (χ1n) is 12.6. The minimum Gasteiger partial charge on any atom is -0.496 e.